The maximum Gasteiger partial charge on any atom is 1.00 e. The smallest absolute Gasteiger partial charge is 1.00 e. The van der Waals surface area contributed by atoms with Gasteiger partial charge in [0, 0.05) is 209 Å². The van der Waals surface area contributed by atoms with Crippen molar-refractivity contribution in [1.82, 2.24) is 20.0 Å². The zero-order chi connectivity index (χ0) is 81.0. The number of ether oxygens (including phenoxy) is 4. The molecule has 624 valence electrons. The summed E-state index contributed by atoms with van der Waals surface area (Å²) in [5.41, 5.74) is 9.31. The largest absolute Gasteiger partial charge is 1.00 e. The molecule has 0 atom stereocenters. The molecule has 18 nitrogen and oxygen atoms in total. The number of hydrogen-bond acceptors (Lipinski definition) is 17. The molecule has 4 aliphatic heterocycles. The van der Waals surface area contributed by atoms with E-state index < -0.39 is 0 Å². The summed E-state index contributed by atoms with van der Waals surface area (Å²) in [6.45, 7) is 15.1. The van der Waals surface area contributed by atoms with Crippen LogP contribution in [0.2, 0.25) is 0 Å². The van der Waals surface area contributed by atoms with Gasteiger partial charge < -0.3 is 65.9 Å². The first-order valence-corrected chi connectivity index (χ1v) is 40.1. The molecule has 4 aliphatic rings. The molecule has 4 heterocycles. The molecular weight excluding hydrogens is 1630 g/mol. The average molecular weight is 1770 g/mol. The van der Waals surface area contributed by atoms with E-state index in [-0.39, 0.29) is 137 Å². The van der Waals surface area contributed by atoms with Gasteiger partial charge in [0.25, 0.3) is 6.47 Å². The molecule has 4 fully saturated rings. The molecule has 0 aliphatic carbocycles. The minimum absolute atomic E-state index is 0. The molecule has 0 saturated carbocycles. The number of ketones is 2. The molecule has 23 heteroatoms. The Hall–Kier alpha value is -3.59. The number of hydrogen-bond donors (Lipinski definition) is 3. The van der Waals surface area contributed by atoms with Crippen LogP contribution in [0.15, 0.2) is 212 Å². The number of alkyl halides is 2. The fourth-order valence-corrected chi connectivity index (χ4v) is 11.7. The number of amides is 1. The van der Waals surface area contributed by atoms with Crippen LogP contribution in [0.1, 0.15) is 122 Å². The maximum atomic E-state index is 12.5. The SMILES string of the molecule is BrCCc1ccccc1.BrCCc1ccccc1.C.C.CCC(=O)Cl.CCC(=O)N(c1ccccc1)C1CCN(CCc2ccccc2)CC1.CO.COC.COC.COC.COC.O=C1CCN(CCc2ccccc2)CC1.O=C1CCNCC1.O=CO[O-].[H-].[K+].[K+].c1ccc(CCN2CCC(Nc3ccccc3)CC2)cc1. The van der Waals surface area contributed by atoms with E-state index in [4.69, 9.17) is 26.8 Å². The van der Waals surface area contributed by atoms with Gasteiger partial charge in [0.05, 0.1) is 0 Å². The molecule has 3 N–H and O–H groups in total. The summed E-state index contributed by atoms with van der Waals surface area (Å²) < 4.78 is 17.0. The number of halogens is 3. The molecule has 0 bridgehead atoms. The first-order chi connectivity index (χ1) is 53.1. The Balaban J connectivity index is -0.000000234. The second-order valence-corrected chi connectivity index (χ2v) is 26.9. The Morgan fingerprint density at radius 3 is 1.02 bits per heavy atom. The van der Waals surface area contributed by atoms with Gasteiger partial charge in [-0.3, -0.25) is 24.0 Å². The summed E-state index contributed by atoms with van der Waals surface area (Å²) in [6.07, 6.45) is 14.1. The fraction of sp³-hybridized carbons (Fsp3) is 0.478. The summed E-state index contributed by atoms with van der Waals surface area (Å²) in [7, 11) is 14.0. The zero-order valence-corrected chi connectivity index (χ0v) is 79.3. The van der Waals surface area contributed by atoms with Gasteiger partial charge in [0.2, 0.25) is 11.1 Å². The molecule has 7 aromatic carbocycles. The third-order valence-electron chi connectivity index (χ3n) is 16.3. The van der Waals surface area contributed by atoms with Gasteiger partial charge in [0.15, 0.2) is 0 Å². The molecule has 0 aromatic heterocycles. The van der Waals surface area contributed by atoms with E-state index in [1.807, 2.05) is 48.2 Å². The van der Waals surface area contributed by atoms with Gasteiger partial charge in [-0.15, -0.1) is 0 Å². The van der Waals surface area contributed by atoms with E-state index >= 15 is 0 Å². The minimum Gasteiger partial charge on any atom is -1.00 e. The number of anilines is 2. The third kappa shape index (κ3) is 70.0. The monoisotopic (exact) mass is 1770 g/mol. The predicted octanol–water partition coefficient (Wildman–Crippen LogP) is 10.7. The Kier molecular flexibility index (Phi) is 94.9. The number of aliphatic hydroxyl groups excluding tert-OH is 1. The van der Waals surface area contributed by atoms with Crippen LogP contribution < -0.4 is 124 Å². The summed E-state index contributed by atoms with van der Waals surface area (Å²) in [4.78, 5) is 64.4. The molecule has 0 spiro atoms. The number of nitrogens with one attached hydrogen (secondary N) is 2. The molecule has 113 heavy (non-hydrogen) atoms. The Labute approximate surface area is 791 Å². The number of likely N-dealkylation sites (tertiary alicyclic amines) is 3. The van der Waals surface area contributed by atoms with Gasteiger partial charge in [-0.1, -0.05) is 249 Å². The fourth-order valence-electron chi connectivity index (χ4n) is 10.8. The van der Waals surface area contributed by atoms with E-state index in [1.54, 1.807) is 63.8 Å². The Morgan fingerprint density at radius 1 is 0.487 bits per heavy atom. The number of para-hydroxylation sites is 2. The van der Waals surface area contributed by atoms with E-state index in [0.717, 1.165) is 146 Å². The van der Waals surface area contributed by atoms with Crippen molar-refractivity contribution in [3.8, 4) is 0 Å². The molecule has 0 unspecified atom stereocenters. The van der Waals surface area contributed by atoms with Crippen molar-refractivity contribution in [2.45, 2.75) is 137 Å². The van der Waals surface area contributed by atoms with Crippen molar-refractivity contribution in [2.75, 3.05) is 157 Å². The minimum atomic E-state index is -0.273. The standard InChI is InChI=1S/C22H28N2O.C19H24N2.C13H17NO.2C8H9Br.C5H9NO.C3H5ClO.4C2H6O.CH2O3.CH4O.2CH4.2K.H/c1-2-22(25)24(20-11-7-4-8-12-20)21-14-17-23(18-15-21)16-13-19-9-5-3-6-10-19;1-3-7-17(8-4-1)11-14-21-15-12-19(13-16-21)20-18-9-5-2-6-10-18;15-13-7-10-14(11-8-13)9-6-12-4-2-1-3-5-12;2*9-7-6-8-4-2-1-3-5-8;7-5-1-3-6-4-2-5;1-2-3(4)5;4*1-3-2;2-1-4-3;1-2;;;;;/h3-12,21H,2,13-18H2,1H3;1-10,19-20H,11-16H2;1-5H,6-11H2;2*1-5H,6-7H2;6H,1-4H2;2H2,1H3;4*1-2H3;1,3H;2H,1H3;2*1H4;;;/q;;;;;;;;;;;;;;;2*+1;-1/p-1. The number of carbonyl (C=O) groups excluding carboxylic acids is 5. The zero-order valence-electron chi connectivity index (χ0n) is 70.1. The number of carbonyl (C=O) groups is 5. The van der Waals surface area contributed by atoms with Crippen LogP contribution in [-0.4, -0.2) is 208 Å². The number of piperidine rings is 4. The summed E-state index contributed by atoms with van der Waals surface area (Å²) in [6, 6.07) is 74.6. The molecule has 1 amide bonds. The van der Waals surface area contributed by atoms with Crippen molar-refractivity contribution in [3.63, 3.8) is 0 Å². The summed E-state index contributed by atoms with van der Waals surface area (Å²) in [5, 5.41) is 24.0. The first kappa shape index (κ1) is 120. The normalized spacial score (nSPS) is 13.1. The molecule has 4 saturated heterocycles. The average Bonchev–Trinajstić information content (AvgIpc) is 0.825. The van der Waals surface area contributed by atoms with Crippen LogP contribution in [0.4, 0.5) is 11.4 Å². The quantitative estimate of drug-likeness (QED) is 0.0162. The number of methoxy groups -OCH3 is 4. The molecular formula is C90H139Br2ClK2N6O12. The van der Waals surface area contributed by atoms with Crippen LogP contribution in [-0.2, 0) is 79.9 Å². The van der Waals surface area contributed by atoms with Gasteiger partial charge >= 0.3 is 103 Å². The second-order valence-electron chi connectivity index (χ2n) is 24.9. The van der Waals surface area contributed by atoms with Gasteiger partial charge in [-0.2, -0.15) is 0 Å². The predicted molar refractivity (Wildman–Crippen MR) is 472 cm³/mol. The Bertz CT molecular complexity index is 3090. The van der Waals surface area contributed by atoms with E-state index in [0.29, 0.717) is 36.5 Å². The Morgan fingerprint density at radius 2 is 0.752 bits per heavy atom. The van der Waals surface area contributed by atoms with E-state index in [1.165, 1.54) is 66.0 Å². The van der Waals surface area contributed by atoms with Crippen molar-refractivity contribution in [2.24, 2.45) is 0 Å². The topological polar surface area (TPSA) is 212 Å². The number of rotatable bonds is 20. The number of aryl methyl sites for hydroxylation is 2. The van der Waals surface area contributed by atoms with Crippen LogP contribution in [0.5, 0.6) is 0 Å². The maximum absolute atomic E-state index is 12.5. The van der Waals surface area contributed by atoms with Crippen LogP contribution in [0.25, 0.3) is 0 Å². The number of benzene rings is 7. The molecule has 7 aromatic rings. The summed E-state index contributed by atoms with van der Waals surface area (Å²) in [5.74, 6) is 1.05. The number of Topliss-reactive ketones (excluding diaryl/α,β-unsaturated/α-hetero) is 2. The molecule has 0 radical (unpaired) electrons. The van der Waals surface area contributed by atoms with Crippen LogP contribution >= 0.6 is 43.5 Å². The van der Waals surface area contributed by atoms with Crippen LogP contribution in [0.3, 0.4) is 0 Å². The second kappa shape index (κ2) is 89.2. The summed E-state index contributed by atoms with van der Waals surface area (Å²) >= 11 is 11.6. The van der Waals surface area contributed by atoms with Gasteiger partial charge in [-0.25, -0.2) is 0 Å². The van der Waals surface area contributed by atoms with Crippen LogP contribution in [0, 0.1) is 0 Å². The van der Waals surface area contributed by atoms with Crippen molar-refractivity contribution >= 4 is 84.0 Å². The number of nitrogens with zero attached hydrogens (tertiary/aromatic N) is 4. The number of aliphatic hydroxyl groups is 1. The first-order valence-electron chi connectivity index (χ1n) is 37.5. The van der Waals surface area contributed by atoms with E-state index in [9.17, 15) is 19.2 Å². The molecule has 11 rings (SSSR count). The van der Waals surface area contributed by atoms with Crippen molar-refractivity contribution < 1.29 is 162 Å². The van der Waals surface area contributed by atoms with Crippen molar-refractivity contribution in [1.29, 1.82) is 0 Å². The van der Waals surface area contributed by atoms with Gasteiger partial charge in [-0.05, 0) is 121 Å². The van der Waals surface area contributed by atoms with Crippen molar-refractivity contribution in [3.05, 3.63) is 240 Å². The third-order valence-corrected chi connectivity index (χ3v) is 17.3. The van der Waals surface area contributed by atoms with E-state index in [2.05, 4.69) is 257 Å². The van der Waals surface area contributed by atoms with Gasteiger partial charge in [0.1, 0.15) is 11.6 Å².